The Balaban J connectivity index is 1.70. The van der Waals surface area contributed by atoms with E-state index in [2.05, 4.69) is 63.6 Å². The molecule has 1 aliphatic heterocycles. The normalized spacial score (nSPS) is 26.6. The zero-order valence-electron chi connectivity index (χ0n) is 14.1. The fraction of sp³-hybridized carbons (Fsp3) is 0.750. The topological polar surface area (TPSA) is 47.4 Å². The lowest BCUT2D eigenvalue weighted by Gasteiger charge is -2.26. The lowest BCUT2D eigenvalue weighted by atomic mass is 10.2. The molecular weight excluding hydrogens is 520 g/mol. The van der Waals surface area contributed by atoms with Crippen molar-refractivity contribution >= 4 is 51.3 Å². The summed E-state index contributed by atoms with van der Waals surface area (Å²) in [4.78, 5) is 18.8. The van der Waals surface area contributed by atoms with Gasteiger partial charge in [-0.2, -0.15) is 0 Å². The summed E-state index contributed by atoms with van der Waals surface area (Å²) in [6.07, 6.45) is -0.178. The summed E-state index contributed by atoms with van der Waals surface area (Å²) in [7, 11) is 0. The van der Waals surface area contributed by atoms with Crippen LogP contribution >= 0.6 is 45.2 Å². The predicted octanol–water partition coefficient (Wildman–Crippen LogP) is 4.25. The molecule has 1 saturated carbocycles. The number of nitrogens with zero attached hydrogens (tertiary/aromatic N) is 3. The highest BCUT2D eigenvalue weighted by Crippen LogP contribution is 2.57. The van der Waals surface area contributed by atoms with Crippen LogP contribution in [0.2, 0.25) is 0 Å². The quantitative estimate of drug-likeness (QED) is 0.525. The van der Waals surface area contributed by atoms with Gasteiger partial charge in [-0.25, -0.2) is 9.78 Å². The molecule has 1 aromatic heterocycles. The fourth-order valence-corrected chi connectivity index (χ4v) is 4.64. The Bertz CT molecular complexity index is 624. The summed E-state index contributed by atoms with van der Waals surface area (Å²) >= 11 is 4.71. The van der Waals surface area contributed by atoms with Gasteiger partial charge in [0.1, 0.15) is 18.8 Å². The maximum absolute atomic E-state index is 12.2. The second kappa shape index (κ2) is 6.03. The Morgan fingerprint density at radius 1 is 1.26 bits per heavy atom. The van der Waals surface area contributed by atoms with Crippen LogP contribution in [0.25, 0.3) is 0 Å². The minimum absolute atomic E-state index is 0.178. The van der Waals surface area contributed by atoms with Gasteiger partial charge in [0.25, 0.3) is 0 Å². The number of hydrogen-bond donors (Lipinski definition) is 0. The highest BCUT2D eigenvalue weighted by atomic mass is 127. The van der Waals surface area contributed by atoms with Gasteiger partial charge >= 0.3 is 6.09 Å². The van der Waals surface area contributed by atoms with Gasteiger partial charge in [0, 0.05) is 36.9 Å². The number of aromatic nitrogens is 2. The highest BCUT2D eigenvalue weighted by molar-refractivity contribution is 14.1. The number of carbonyl (C=O) groups excluding carboxylic acids is 1. The Hall–Kier alpha value is -0.0600. The average Bonchev–Trinajstić information content (AvgIpc) is 2.79. The number of amides is 1. The predicted molar refractivity (Wildman–Crippen MR) is 106 cm³/mol. The first-order valence-corrected chi connectivity index (χ1v) is 10.2. The van der Waals surface area contributed by atoms with Gasteiger partial charge in [0.2, 0.25) is 0 Å². The smallest absolute Gasteiger partial charge is 0.410 e. The standard InChI is InChI=1S/C16H23I2N3O2/c1-8(2)14-19-12(17)13(18)21(14)11-9-6-20(7-10(9)11)15(22)23-16(3,4)5/h8-11H,6-7H2,1-5H3. The van der Waals surface area contributed by atoms with Crippen LogP contribution in [-0.4, -0.2) is 39.2 Å². The van der Waals surface area contributed by atoms with Gasteiger partial charge in [0.05, 0.1) is 0 Å². The molecule has 3 rings (SSSR count). The van der Waals surface area contributed by atoms with Gasteiger partial charge in [-0.3, -0.25) is 0 Å². The molecule has 2 atom stereocenters. The average molecular weight is 543 g/mol. The van der Waals surface area contributed by atoms with Crippen LogP contribution in [0.3, 0.4) is 0 Å². The first-order valence-electron chi connectivity index (χ1n) is 8.01. The number of fused-ring (bicyclic) bond motifs is 1. The number of piperidine rings is 1. The summed E-state index contributed by atoms with van der Waals surface area (Å²) in [5, 5.41) is 0. The van der Waals surface area contributed by atoms with Gasteiger partial charge in [-0.1, -0.05) is 13.8 Å². The molecule has 0 radical (unpaired) electrons. The Kier molecular flexibility index (Phi) is 4.66. The third-order valence-electron chi connectivity index (χ3n) is 4.46. The Morgan fingerprint density at radius 2 is 1.83 bits per heavy atom. The molecule has 2 unspecified atom stereocenters. The number of halogens is 2. The van der Waals surface area contributed by atoms with Crippen molar-refractivity contribution in [3.63, 3.8) is 0 Å². The van der Waals surface area contributed by atoms with Crippen molar-refractivity contribution in [1.82, 2.24) is 14.5 Å². The minimum Gasteiger partial charge on any atom is -0.444 e. The molecule has 0 N–H and O–H groups in total. The number of carbonyl (C=O) groups is 1. The largest absolute Gasteiger partial charge is 0.444 e. The zero-order valence-corrected chi connectivity index (χ0v) is 18.5. The van der Waals surface area contributed by atoms with E-state index >= 15 is 0 Å². The summed E-state index contributed by atoms with van der Waals surface area (Å²) in [6.45, 7) is 11.7. The summed E-state index contributed by atoms with van der Waals surface area (Å²) in [5.74, 6) is 2.66. The first kappa shape index (κ1) is 17.8. The van der Waals surface area contributed by atoms with Crippen LogP contribution < -0.4 is 0 Å². The van der Waals surface area contributed by atoms with E-state index in [1.165, 1.54) is 9.53 Å². The molecule has 2 aliphatic rings. The van der Waals surface area contributed by atoms with E-state index in [-0.39, 0.29) is 6.09 Å². The van der Waals surface area contributed by atoms with Crippen LogP contribution in [0, 0.1) is 19.2 Å². The molecule has 2 fully saturated rings. The first-order chi connectivity index (χ1) is 10.6. The molecule has 1 aromatic rings. The monoisotopic (exact) mass is 543 g/mol. The van der Waals surface area contributed by atoms with Crippen molar-refractivity contribution in [3.05, 3.63) is 13.2 Å². The van der Waals surface area contributed by atoms with Crippen LogP contribution in [0.5, 0.6) is 0 Å². The van der Waals surface area contributed by atoms with Crippen molar-refractivity contribution in [3.8, 4) is 0 Å². The molecule has 7 heteroatoms. The van der Waals surface area contributed by atoms with Gasteiger partial charge < -0.3 is 14.2 Å². The van der Waals surface area contributed by atoms with Crippen LogP contribution in [0.4, 0.5) is 4.79 Å². The summed E-state index contributed by atoms with van der Waals surface area (Å²) in [5.41, 5.74) is -0.427. The second-order valence-electron chi connectivity index (χ2n) is 7.78. The van der Waals surface area contributed by atoms with E-state index in [0.29, 0.717) is 23.8 Å². The molecule has 1 amide bonds. The minimum atomic E-state index is -0.427. The van der Waals surface area contributed by atoms with Gasteiger partial charge in [-0.15, -0.1) is 0 Å². The van der Waals surface area contributed by atoms with Crippen molar-refractivity contribution in [1.29, 1.82) is 0 Å². The molecule has 2 heterocycles. The third-order valence-corrected chi connectivity index (χ3v) is 7.27. The Morgan fingerprint density at radius 3 is 2.30 bits per heavy atom. The number of ether oxygens (including phenoxy) is 1. The SMILES string of the molecule is CC(C)c1nc(I)c(I)n1C1C2CN(C(=O)OC(C)(C)C)CC21. The van der Waals surface area contributed by atoms with Gasteiger partial charge in [-0.05, 0) is 66.0 Å². The summed E-state index contributed by atoms with van der Waals surface area (Å²) in [6, 6.07) is 0.494. The second-order valence-corrected chi connectivity index (χ2v) is 9.82. The van der Waals surface area contributed by atoms with E-state index in [1.54, 1.807) is 0 Å². The lowest BCUT2D eigenvalue weighted by Crippen LogP contribution is -2.37. The molecule has 0 bridgehead atoms. The Labute approximate surface area is 164 Å². The molecule has 0 spiro atoms. The maximum atomic E-state index is 12.2. The van der Waals surface area contributed by atoms with Crippen molar-refractivity contribution in [2.75, 3.05) is 13.1 Å². The molecule has 128 valence electrons. The third kappa shape index (κ3) is 3.36. The highest BCUT2D eigenvalue weighted by Gasteiger charge is 2.59. The molecule has 1 aliphatic carbocycles. The number of likely N-dealkylation sites (tertiary alicyclic amines) is 1. The fourth-order valence-electron chi connectivity index (χ4n) is 3.44. The van der Waals surface area contributed by atoms with Crippen LogP contribution in [0.1, 0.15) is 52.4 Å². The van der Waals surface area contributed by atoms with Gasteiger partial charge in [0.15, 0.2) is 0 Å². The van der Waals surface area contributed by atoms with Crippen molar-refractivity contribution in [2.24, 2.45) is 11.8 Å². The number of rotatable bonds is 2. The lowest BCUT2D eigenvalue weighted by molar-refractivity contribution is 0.0266. The number of imidazole rings is 1. The van der Waals surface area contributed by atoms with E-state index in [0.717, 1.165) is 16.8 Å². The van der Waals surface area contributed by atoms with Crippen LogP contribution in [0.15, 0.2) is 0 Å². The van der Waals surface area contributed by atoms with Crippen molar-refractivity contribution < 1.29 is 9.53 Å². The number of hydrogen-bond acceptors (Lipinski definition) is 3. The summed E-state index contributed by atoms with van der Waals surface area (Å²) < 4.78 is 10.2. The molecule has 23 heavy (non-hydrogen) atoms. The molecule has 1 saturated heterocycles. The van der Waals surface area contributed by atoms with E-state index in [4.69, 9.17) is 9.72 Å². The van der Waals surface area contributed by atoms with E-state index < -0.39 is 5.60 Å². The maximum Gasteiger partial charge on any atom is 0.410 e. The zero-order chi connectivity index (χ0) is 17.1. The molecule has 0 aromatic carbocycles. The molecular formula is C16H23I2N3O2. The van der Waals surface area contributed by atoms with E-state index in [1.807, 2.05) is 25.7 Å². The van der Waals surface area contributed by atoms with E-state index in [9.17, 15) is 4.79 Å². The van der Waals surface area contributed by atoms with Crippen LogP contribution in [-0.2, 0) is 4.74 Å². The molecule has 5 nitrogen and oxygen atoms in total. The van der Waals surface area contributed by atoms with Crippen molar-refractivity contribution in [2.45, 2.75) is 52.2 Å².